The molecular weight excluding hydrogens is 245 g/mol. The molecule has 0 spiro atoms. The fourth-order valence-corrected chi connectivity index (χ4v) is 2.54. The van der Waals surface area contributed by atoms with Gasteiger partial charge < -0.3 is 14.8 Å². The minimum absolute atomic E-state index is 0.206. The normalized spacial score (nSPS) is 20.5. The summed E-state index contributed by atoms with van der Waals surface area (Å²) in [6.07, 6.45) is 2.11. The summed E-state index contributed by atoms with van der Waals surface area (Å²) in [5.74, 6) is 0.435. The largest absolute Gasteiger partial charge is 0.494 e. The molecule has 0 amide bonds. The van der Waals surface area contributed by atoms with Crippen molar-refractivity contribution in [2.75, 3.05) is 26.9 Å². The van der Waals surface area contributed by atoms with Crippen LogP contribution >= 0.6 is 0 Å². The monoisotopic (exact) mass is 267 g/mol. The van der Waals surface area contributed by atoms with E-state index in [4.69, 9.17) is 9.47 Å². The molecule has 1 aliphatic heterocycles. The molecular formula is C15H22FNO2. The van der Waals surface area contributed by atoms with E-state index in [1.54, 1.807) is 6.07 Å². The third-order valence-corrected chi connectivity index (χ3v) is 3.58. The summed E-state index contributed by atoms with van der Waals surface area (Å²) in [6.45, 7) is 4.66. The van der Waals surface area contributed by atoms with Crippen LogP contribution in [0.3, 0.4) is 0 Å². The van der Waals surface area contributed by atoms with Crippen molar-refractivity contribution in [2.45, 2.75) is 25.8 Å². The van der Waals surface area contributed by atoms with E-state index >= 15 is 0 Å². The van der Waals surface area contributed by atoms with Crippen LogP contribution in [-0.2, 0) is 4.74 Å². The van der Waals surface area contributed by atoms with Gasteiger partial charge in [-0.15, -0.1) is 0 Å². The summed E-state index contributed by atoms with van der Waals surface area (Å²) in [4.78, 5) is 0. The van der Waals surface area contributed by atoms with Crippen LogP contribution in [0.5, 0.6) is 5.75 Å². The van der Waals surface area contributed by atoms with E-state index in [2.05, 4.69) is 12.2 Å². The van der Waals surface area contributed by atoms with Crippen molar-refractivity contribution in [3.63, 3.8) is 0 Å². The maximum Gasteiger partial charge on any atom is 0.165 e. The second-order valence-corrected chi connectivity index (χ2v) is 4.95. The van der Waals surface area contributed by atoms with Crippen LogP contribution in [0, 0.1) is 11.7 Å². The van der Waals surface area contributed by atoms with Gasteiger partial charge in [-0.3, -0.25) is 0 Å². The maximum atomic E-state index is 13.5. The highest BCUT2D eigenvalue weighted by Crippen LogP contribution is 2.31. The van der Waals surface area contributed by atoms with Gasteiger partial charge in [0.25, 0.3) is 0 Å². The molecule has 3 nitrogen and oxygen atoms in total. The molecule has 106 valence electrons. The summed E-state index contributed by atoms with van der Waals surface area (Å²) in [7, 11) is 1.50. The minimum atomic E-state index is -0.317. The predicted octanol–water partition coefficient (Wildman–Crippen LogP) is 2.91. The van der Waals surface area contributed by atoms with Gasteiger partial charge in [0.1, 0.15) is 0 Å². The van der Waals surface area contributed by atoms with E-state index < -0.39 is 0 Å². The number of hydrogen-bond donors (Lipinski definition) is 1. The van der Waals surface area contributed by atoms with Gasteiger partial charge in [0.05, 0.1) is 13.7 Å². The minimum Gasteiger partial charge on any atom is -0.494 e. The molecule has 2 atom stereocenters. The van der Waals surface area contributed by atoms with Crippen molar-refractivity contribution in [3.05, 3.63) is 29.6 Å². The van der Waals surface area contributed by atoms with Gasteiger partial charge in [-0.05, 0) is 37.1 Å². The zero-order chi connectivity index (χ0) is 13.7. The molecule has 1 N–H and O–H groups in total. The molecule has 0 bridgehead atoms. The molecule has 0 radical (unpaired) electrons. The van der Waals surface area contributed by atoms with Crippen molar-refractivity contribution in [2.24, 2.45) is 5.92 Å². The van der Waals surface area contributed by atoms with E-state index in [1.165, 1.54) is 13.2 Å². The Bertz CT molecular complexity index is 405. The molecule has 2 unspecified atom stereocenters. The average Bonchev–Trinajstić information content (AvgIpc) is 2.95. The molecule has 0 saturated carbocycles. The Balaban J connectivity index is 2.20. The van der Waals surface area contributed by atoms with Gasteiger partial charge in [0, 0.05) is 18.6 Å². The second-order valence-electron chi connectivity index (χ2n) is 4.95. The predicted molar refractivity (Wildman–Crippen MR) is 72.9 cm³/mol. The first kappa shape index (κ1) is 14.3. The third kappa shape index (κ3) is 3.45. The first-order valence-corrected chi connectivity index (χ1v) is 6.90. The fraction of sp³-hybridized carbons (Fsp3) is 0.600. The fourth-order valence-electron chi connectivity index (χ4n) is 2.54. The average molecular weight is 267 g/mol. The van der Waals surface area contributed by atoms with Crippen LogP contribution in [0.15, 0.2) is 18.2 Å². The quantitative estimate of drug-likeness (QED) is 0.859. The molecule has 2 rings (SSSR count). The molecule has 1 aromatic carbocycles. The number of ether oxygens (including phenoxy) is 2. The van der Waals surface area contributed by atoms with Gasteiger partial charge in [0.15, 0.2) is 11.6 Å². The van der Waals surface area contributed by atoms with E-state index in [0.29, 0.717) is 11.7 Å². The van der Waals surface area contributed by atoms with Crippen LogP contribution in [0.1, 0.15) is 31.4 Å². The zero-order valence-corrected chi connectivity index (χ0v) is 11.6. The molecule has 1 heterocycles. The highest BCUT2D eigenvalue weighted by molar-refractivity contribution is 5.32. The molecule has 0 aromatic heterocycles. The number of rotatable bonds is 6. The molecule has 0 aliphatic carbocycles. The van der Waals surface area contributed by atoms with E-state index in [9.17, 15) is 4.39 Å². The van der Waals surface area contributed by atoms with E-state index in [1.807, 2.05) is 6.07 Å². The lowest BCUT2D eigenvalue weighted by Gasteiger charge is -2.24. The van der Waals surface area contributed by atoms with Gasteiger partial charge in [0.2, 0.25) is 0 Å². The Kier molecular flexibility index (Phi) is 5.16. The number of nitrogens with one attached hydrogen (secondary N) is 1. The third-order valence-electron chi connectivity index (χ3n) is 3.58. The number of halogens is 1. The first-order valence-electron chi connectivity index (χ1n) is 6.90. The van der Waals surface area contributed by atoms with Gasteiger partial charge in [-0.25, -0.2) is 4.39 Å². The highest BCUT2D eigenvalue weighted by Gasteiger charge is 2.27. The van der Waals surface area contributed by atoms with Gasteiger partial charge in [-0.1, -0.05) is 13.0 Å². The Morgan fingerprint density at radius 3 is 3.00 bits per heavy atom. The van der Waals surface area contributed by atoms with E-state index in [-0.39, 0.29) is 11.9 Å². The van der Waals surface area contributed by atoms with Crippen molar-refractivity contribution >= 4 is 0 Å². The smallest absolute Gasteiger partial charge is 0.165 e. The van der Waals surface area contributed by atoms with Crippen LogP contribution in [0.4, 0.5) is 4.39 Å². The Hall–Kier alpha value is -1.13. The number of methoxy groups -OCH3 is 1. The Labute approximate surface area is 114 Å². The van der Waals surface area contributed by atoms with E-state index in [0.717, 1.165) is 38.2 Å². The van der Waals surface area contributed by atoms with Crippen LogP contribution in [-0.4, -0.2) is 26.9 Å². The number of benzene rings is 1. The van der Waals surface area contributed by atoms with Crippen LogP contribution in [0.25, 0.3) is 0 Å². The number of hydrogen-bond acceptors (Lipinski definition) is 3. The lowest BCUT2D eigenvalue weighted by atomic mass is 9.92. The van der Waals surface area contributed by atoms with Gasteiger partial charge >= 0.3 is 0 Å². The molecule has 1 aliphatic rings. The Morgan fingerprint density at radius 1 is 1.53 bits per heavy atom. The second kappa shape index (κ2) is 6.87. The Morgan fingerprint density at radius 2 is 2.37 bits per heavy atom. The molecule has 1 fully saturated rings. The van der Waals surface area contributed by atoms with Crippen molar-refractivity contribution in [1.82, 2.24) is 5.32 Å². The summed E-state index contributed by atoms with van der Waals surface area (Å²) in [6, 6.07) is 5.31. The van der Waals surface area contributed by atoms with Crippen LogP contribution in [0.2, 0.25) is 0 Å². The lowest BCUT2D eigenvalue weighted by Crippen LogP contribution is -2.29. The first-order chi connectivity index (χ1) is 9.26. The molecule has 1 aromatic rings. The van der Waals surface area contributed by atoms with Gasteiger partial charge in [-0.2, -0.15) is 0 Å². The lowest BCUT2D eigenvalue weighted by molar-refractivity contribution is 0.176. The van der Waals surface area contributed by atoms with Crippen molar-refractivity contribution in [1.29, 1.82) is 0 Å². The SMILES string of the molecule is CCCNC(c1ccc(F)c(OC)c1)C1CCOC1. The summed E-state index contributed by atoms with van der Waals surface area (Å²) >= 11 is 0. The molecule has 4 heteroatoms. The van der Waals surface area contributed by atoms with Crippen molar-refractivity contribution < 1.29 is 13.9 Å². The van der Waals surface area contributed by atoms with Crippen LogP contribution < -0.4 is 10.1 Å². The topological polar surface area (TPSA) is 30.5 Å². The zero-order valence-electron chi connectivity index (χ0n) is 11.6. The van der Waals surface area contributed by atoms with Crippen molar-refractivity contribution in [3.8, 4) is 5.75 Å². The summed E-state index contributed by atoms with van der Waals surface area (Å²) in [5, 5.41) is 3.54. The summed E-state index contributed by atoms with van der Waals surface area (Å²) < 4.78 is 24.0. The highest BCUT2D eigenvalue weighted by atomic mass is 19.1. The summed E-state index contributed by atoms with van der Waals surface area (Å²) in [5.41, 5.74) is 1.07. The molecule has 1 saturated heterocycles. The standard InChI is InChI=1S/C15H22FNO2/c1-3-7-17-15(12-6-8-19-10-12)11-4-5-13(16)14(9-11)18-2/h4-5,9,12,15,17H,3,6-8,10H2,1-2H3. The maximum absolute atomic E-state index is 13.5. The molecule has 19 heavy (non-hydrogen) atoms.